The summed E-state index contributed by atoms with van der Waals surface area (Å²) < 4.78 is -0.855. The molecule has 32 heavy (non-hydrogen) atoms. The summed E-state index contributed by atoms with van der Waals surface area (Å²) in [6, 6.07) is -0.548. The molecule has 1 spiro atoms. The molecule has 3 aliphatic rings. The molecule has 3 aliphatic heterocycles. The Kier molecular flexibility index (Phi) is 7.55. The molecule has 3 fully saturated rings. The van der Waals surface area contributed by atoms with Crippen molar-refractivity contribution >= 4 is 29.5 Å². The Morgan fingerprint density at radius 1 is 1.16 bits per heavy atom. The van der Waals surface area contributed by atoms with Crippen LogP contribution in [0.1, 0.15) is 79.6 Å². The minimum atomic E-state index is -0.548. The van der Waals surface area contributed by atoms with Gasteiger partial charge in [-0.25, -0.2) is 0 Å². The van der Waals surface area contributed by atoms with Gasteiger partial charge < -0.3 is 20.6 Å². The third-order valence-corrected chi connectivity index (χ3v) is 9.15. The molecule has 0 aromatic carbocycles. The molecule has 0 saturated carbocycles. The van der Waals surface area contributed by atoms with Gasteiger partial charge in [-0.1, -0.05) is 19.8 Å². The number of nitrogens with zero attached hydrogens (tertiary/aromatic N) is 1. The van der Waals surface area contributed by atoms with Gasteiger partial charge in [0.1, 0.15) is 6.04 Å². The minimum absolute atomic E-state index is 0.0335. The number of hydrogen-bond donors (Lipinski definition) is 3. The molecule has 0 aromatic rings. The van der Waals surface area contributed by atoms with E-state index in [4.69, 9.17) is 5.11 Å². The lowest BCUT2D eigenvalue weighted by Gasteiger charge is -2.36. The lowest BCUT2D eigenvalue weighted by Crippen LogP contribution is -2.57. The molecule has 5 atom stereocenters. The van der Waals surface area contributed by atoms with Crippen LogP contribution < -0.4 is 10.6 Å². The second-order valence-corrected chi connectivity index (χ2v) is 12.8. The predicted octanol–water partition coefficient (Wildman–Crippen LogP) is 2.46. The number of amides is 3. The number of rotatable bonds is 10. The van der Waals surface area contributed by atoms with E-state index in [1.807, 2.05) is 27.7 Å². The average molecular weight is 468 g/mol. The van der Waals surface area contributed by atoms with Gasteiger partial charge in [0.15, 0.2) is 0 Å². The summed E-state index contributed by atoms with van der Waals surface area (Å²) in [5.74, 6) is -1.02. The van der Waals surface area contributed by atoms with E-state index in [1.54, 1.807) is 16.7 Å². The molecule has 0 aliphatic carbocycles. The number of carbonyl (C=O) groups excluding carboxylic acids is 3. The minimum Gasteiger partial charge on any atom is -0.396 e. The number of carbonyl (C=O) groups is 3. The maximum absolute atomic E-state index is 13.8. The fourth-order valence-corrected chi connectivity index (χ4v) is 8.27. The quantitative estimate of drug-likeness (QED) is 0.429. The summed E-state index contributed by atoms with van der Waals surface area (Å²) >= 11 is 1.72. The summed E-state index contributed by atoms with van der Waals surface area (Å²) in [5.41, 5.74) is -0.398. The molecular formula is C24H41N3O4S. The van der Waals surface area contributed by atoms with Crippen molar-refractivity contribution in [3.63, 3.8) is 0 Å². The Labute approximate surface area is 196 Å². The van der Waals surface area contributed by atoms with Crippen molar-refractivity contribution < 1.29 is 19.5 Å². The zero-order valence-corrected chi connectivity index (χ0v) is 21.1. The first-order chi connectivity index (χ1) is 15.0. The molecule has 182 valence electrons. The van der Waals surface area contributed by atoms with Gasteiger partial charge in [0.2, 0.25) is 17.7 Å². The van der Waals surface area contributed by atoms with Crippen molar-refractivity contribution in [2.24, 2.45) is 11.8 Å². The van der Waals surface area contributed by atoms with E-state index in [9.17, 15) is 14.4 Å². The van der Waals surface area contributed by atoms with Gasteiger partial charge in [0.05, 0.1) is 16.6 Å². The van der Waals surface area contributed by atoms with E-state index in [2.05, 4.69) is 17.6 Å². The van der Waals surface area contributed by atoms with Crippen molar-refractivity contribution in [2.45, 2.75) is 101 Å². The molecule has 8 heteroatoms. The monoisotopic (exact) mass is 467 g/mol. The summed E-state index contributed by atoms with van der Waals surface area (Å²) in [7, 11) is 0. The van der Waals surface area contributed by atoms with Crippen molar-refractivity contribution in [1.82, 2.24) is 15.5 Å². The smallest absolute Gasteiger partial charge is 0.244 e. The SMILES string of the molecule is CCCNC(=O)[C@@H]1[C@H]2C(=O)N(CCCCCCO)C(C(=O)NC(C)(C)C)C23CC[C@@]1(C)S3. The molecule has 3 N–H and O–H groups in total. The van der Waals surface area contributed by atoms with Gasteiger partial charge in [-0.15, -0.1) is 11.8 Å². The van der Waals surface area contributed by atoms with Crippen LogP contribution in [0.25, 0.3) is 0 Å². The second kappa shape index (κ2) is 9.53. The first-order valence-electron chi connectivity index (χ1n) is 12.2. The van der Waals surface area contributed by atoms with Crippen molar-refractivity contribution in [1.29, 1.82) is 0 Å². The highest BCUT2D eigenvalue weighted by molar-refractivity contribution is 8.02. The Hall–Kier alpha value is -1.28. The van der Waals surface area contributed by atoms with Gasteiger partial charge in [-0.2, -0.15) is 0 Å². The summed E-state index contributed by atoms with van der Waals surface area (Å²) in [5, 5.41) is 15.2. The van der Waals surface area contributed by atoms with E-state index in [1.165, 1.54) is 0 Å². The second-order valence-electron chi connectivity index (χ2n) is 10.9. The maximum Gasteiger partial charge on any atom is 0.244 e. The summed E-state index contributed by atoms with van der Waals surface area (Å²) in [6.07, 6.45) is 5.83. The van der Waals surface area contributed by atoms with Crippen molar-refractivity contribution in [2.75, 3.05) is 19.7 Å². The Bertz CT molecular complexity index is 739. The fourth-order valence-electron chi connectivity index (χ4n) is 5.91. The molecule has 0 radical (unpaired) electrons. The highest BCUT2D eigenvalue weighted by Crippen LogP contribution is 2.71. The predicted molar refractivity (Wildman–Crippen MR) is 127 cm³/mol. The van der Waals surface area contributed by atoms with Crippen LogP contribution in [-0.4, -0.2) is 68.5 Å². The topological polar surface area (TPSA) is 98.7 Å². The normalized spacial score (nSPS) is 33.5. The third kappa shape index (κ3) is 4.54. The van der Waals surface area contributed by atoms with Crippen LogP contribution in [0.2, 0.25) is 0 Å². The van der Waals surface area contributed by atoms with E-state index < -0.39 is 28.2 Å². The zero-order chi connectivity index (χ0) is 23.7. The highest BCUT2D eigenvalue weighted by Gasteiger charge is 2.77. The largest absolute Gasteiger partial charge is 0.396 e. The molecule has 0 aromatic heterocycles. The standard InChI is InChI=1S/C24H41N3O4S/c1-6-13-25-19(29)16-17-21(31)27(14-9-7-8-10-15-28)18(20(30)26-22(2,3)4)24(17)12-11-23(16,5)32-24/h16-18,28H,6-15H2,1-5H3,(H,25,29)(H,26,30)/t16-,17-,18?,23+,24?/m0/s1. The van der Waals surface area contributed by atoms with Crippen LogP contribution in [0, 0.1) is 11.8 Å². The average Bonchev–Trinajstić information content (AvgIpc) is 3.25. The number of unbranched alkanes of at least 4 members (excludes halogenated alkanes) is 3. The van der Waals surface area contributed by atoms with Crippen LogP contribution in [-0.2, 0) is 14.4 Å². The number of likely N-dealkylation sites (tertiary alicyclic amines) is 1. The van der Waals surface area contributed by atoms with Crippen LogP contribution in [0.5, 0.6) is 0 Å². The molecular weight excluding hydrogens is 426 g/mol. The van der Waals surface area contributed by atoms with Crippen molar-refractivity contribution in [3.05, 3.63) is 0 Å². The third-order valence-electron chi connectivity index (χ3n) is 7.16. The molecule has 7 nitrogen and oxygen atoms in total. The number of thioether (sulfide) groups is 1. The maximum atomic E-state index is 13.8. The Balaban J connectivity index is 1.91. The van der Waals surface area contributed by atoms with E-state index in [0.29, 0.717) is 13.1 Å². The van der Waals surface area contributed by atoms with Crippen LogP contribution in [0.4, 0.5) is 0 Å². The summed E-state index contributed by atoms with van der Waals surface area (Å²) in [4.78, 5) is 42.4. The molecule has 2 bridgehead atoms. The highest BCUT2D eigenvalue weighted by atomic mass is 32.2. The Morgan fingerprint density at radius 2 is 1.84 bits per heavy atom. The van der Waals surface area contributed by atoms with E-state index in [0.717, 1.165) is 44.9 Å². The van der Waals surface area contributed by atoms with Crippen LogP contribution in [0.3, 0.4) is 0 Å². The molecule has 3 amide bonds. The van der Waals surface area contributed by atoms with Gasteiger partial charge in [-0.05, 0) is 59.8 Å². The van der Waals surface area contributed by atoms with Crippen molar-refractivity contribution in [3.8, 4) is 0 Å². The van der Waals surface area contributed by atoms with Gasteiger partial charge in [0.25, 0.3) is 0 Å². The van der Waals surface area contributed by atoms with Gasteiger partial charge in [-0.3, -0.25) is 14.4 Å². The number of hydrogen-bond acceptors (Lipinski definition) is 5. The van der Waals surface area contributed by atoms with Gasteiger partial charge >= 0.3 is 0 Å². The van der Waals surface area contributed by atoms with E-state index in [-0.39, 0.29) is 29.1 Å². The van der Waals surface area contributed by atoms with Crippen LogP contribution >= 0.6 is 11.8 Å². The molecule has 3 heterocycles. The zero-order valence-electron chi connectivity index (χ0n) is 20.3. The molecule has 2 unspecified atom stereocenters. The molecule has 3 saturated heterocycles. The first-order valence-corrected chi connectivity index (χ1v) is 13.0. The number of nitrogens with one attached hydrogen (secondary N) is 2. The Morgan fingerprint density at radius 3 is 2.47 bits per heavy atom. The lowest BCUT2D eigenvalue weighted by atomic mass is 9.66. The number of aliphatic hydroxyl groups is 1. The van der Waals surface area contributed by atoms with Crippen LogP contribution in [0.15, 0.2) is 0 Å². The van der Waals surface area contributed by atoms with Gasteiger partial charge in [0, 0.05) is 30.0 Å². The lowest BCUT2D eigenvalue weighted by molar-refractivity contribution is -0.141. The first kappa shape index (κ1) is 25.3. The summed E-state index contributed by atoms with van der Waals surface area (Å²) in [6.45, 7) is 11.3. The number of fused-ring (bicyclic) bond motifs is 1. The van der Waals surface area contributed by atoms with E-state index >= 15 is 0 Å². The number of aliphatic hydroxyl groups excluding tert-OH is 1. The molecule has 3 rings (SSSR count). The fraction of sp³-hybridized carbons (Fsp3) is 0.875.